The van der Waals surface area contributed by atoms with E-state index < -0.39 is 0 Å². The van der Waals surface area contributed by atoms with E-state index in [1.165, 1.54) is 11.3 Å². The fraction of sp³-hybridized carbons (Fsp3) is 0.263. The predicted molar refractivity (Wildman–Crippen MR) is 108 cm³/mol. The van der Waals surface area contributed by atoms with Gasteiger partial charge in [0.15, 0.2) is 5.16 Å². The number of thiophene rings is 1. The number of aromatic nitrogens is 2. The van der Waals surface area contributed by atoms with Crippen LogP contribution >= 0.6 is 23.1 Å². The molecule has 0 saturated carbocycles. The molecule has 0 aliphatic heterocycles. The maximum Gasteiger partial charge on any atom is 0.263 e. The van der Waals surface area contributed by atoms with Gasteiger partial charge in [0.2, 0.25) is 0 Å². The second kappa shape index (κ2) is 8.91. The second-order valence-electron chi connectivity index (χ2n) is 5.46. The molecule has 136 valence electrons. The molecule has 0 radical (unpaired) electrons. The minimum absolute atomic E-state index is 0.00636. The quantitative estimate of drug-likeness (QED) is 0.238. The molecule has 0 spiro atoms. The Bertz CT molecular complexity index is 932. The van der Waals surface area contributed by atoms with Crippen LogP contribution in [-0.4, -0.2) is 29.0 Å². The minimum atomic E-state index is -0.00636. The molecule has 1 aromatic carbocycles. The van der Waals surface area contributed by atoms with E-state index in [1.54, 1.807) is 29.5 Å². The standard InChI is InChI=1S/C19H20N2O3S2/c1-3-10-21-18(22)16-9-13-25-17(16)20-19(21)26-12-4-11-24-15-7-5-14(23-2)6-8-15/h3,5-9,13H,1,4,10-12H2,2H3. The molecule has 26 heavy (non-hydrogen) atoms. The summed E-state index contributed by atoms with van der Waals surface area (Å²) in [5.41, 5.74) is -0.00636. The molecule has 0 saturated heterocycles. The zero-order valence-electron chi connectivity index (χ0n) is 14.5. The van der Waals surface area contributed by atoms with Crippen LogP contribution in [0.2, 0.25) is 0 Å². The molecule has 5 nitrogen and oxygen atoms in total. The largest absolute Gasteiger partial charge is 0.497 e. The van der Waals surface area contributed by atoms with E-state index in [-0.39, 0.29) is 5.56 Å². The number of rotatable bonds is 9. The van der Waals surface area contributed by atoms with Crippen molar-refractivity contribution in [3.63, 3.8) is 0 Å². The molecule has 0 atom stereocenters. The van der Waals surface area contributed by atoms with E-state index in [4.69, 9.17) is 9.47 Å². The van der Waals surface area contributed by atoms with Crippen molar-refractivity contribution < 1.29 is 9.47 Å². The maximum atomic E-state index is 12.6. The summed E-state index contributed by atoms with van der Waals surface area (Å²) in [4.78, 5) is 18.0. The van der Waals surface area contributed by atoms with Crippen LogP contribution in [0, 0.1) is 0 Å². The molecular formula is C19H20N2O3S2. The Hall–Kier alpha value is -2.25. The SMILES string of the molecule is C=CCn1c(SCCCOc2ccc(OC)cc2)nc2sccc2c1=O. The number of nitrogens with zero attached hydrogens (tertiary/aromatic N) is 2. The Morgan fingerprint density at radius 2 is 2.04 bits per heavy atom. The average molecular weight is 389 g/mol. The first-order valence-electron chi connectivity index (χ1n) is 8.21. The van der Waals surface area contributed by atoms with E-state index >= 15 is 0 Å². The molecule has 0 N–H and O–H groups in total. The smallest absolute Gasteiger partial charge is 0.263 e. The first-order chi connectivity index (χ1) is 12.7. The fourth-order valence-electron chi connectivity index (χ4n) is 2.41. The fourth-order valence-corrected chi connectivity index (χ4v) is 4.14. The summed E-state index contributed by atoms with van der Waals surface area (Å²) in [5, 5.41) is 3.30. The third kappa shape index (κ3) is 4.28. The Balaban J connectivity index is 1.57. The minimum Gasteiger partial charge on any atom is -0.497 e. The number of thioether (sulfide) groups is 1. The number of allylic oxidation sites excluding steroid dienone is 1. The van der Waals surface area contributed by atoms with Crippen LogP contribution in [0.25, 0.3) is 10.2 Å². The van der Waals surface area contributed by atoms with Crippen molar-refractivity contribution in [1.82, 2.24) is 9.55 Å². The van der Waals surface area contributed by atoms with Gasteiger partial charge >= 0.3 is 0 Å². The van der Waals surface area contributed by atoms with Gasteiger partial charge < -0.3 is 9.47 Å². The second-order valence-corrected chi connectivity index (χ2v) is 7.42. The summed E-state index contributed by atoms with van der Waals surface area (Å²) in [5.74, 6) is 2.44. The van der Waals surface area contributed by atoms with E-state index in [0.717, 1.165) is 33.7 Å². The summed E-state index contributed by atoms with van der Waals surface area (Å²) in [6.45, 7) is 4.80. The van der Waals surface area contributed by atoms with Crippen LogP contribution in [0.1, 0.15) is 6.42 Å². The zero-order chi connectivity index (χ0) is 18.4. The average Bonchev–Trinajstić information content (AvgIpc) is 3.13. The molecule has 0 bridgehead atoms. The summed E-state index contributed by atoms with van der Waals surface area (Å²) >= 11 is 3.06. The van der Waals surface area contributed by atoms with E-state index in [9.17, 15) is 4.79 Å². The molecule has 2 aromatic heterocycles. The van der Waals surface area contributed by atoms with Crippen LogP contribution < -0.4 is 15.0 Å². The zero-order valence-corrected chi connectivity index (χ0v) is 16.1. The molecule has 0 unspecified atom stereocenters. The molecule has 0 aliphatic rings. The Morgan fingerprint density at radius 1 is 1.27 bits per heavy atom. The van der Waals surface area contributed by atoms with Gasteiger partial charge in [0, 0.05) is 12.3 Å². The highest BCUT2D eigenvalue weighted by Gasteiger charge is 2.11. The summed E-state index contributed by atoms with van der Waals surface area (Å²) in [6.07, 6.45) is 2.57. The van der Waals surface area contributed by atoms with Crippen molar-refractivity contribution in [2.75, 3.05) is 19.5 Å². The van der Waals surface area contributed by atoms with Crippen LogP contribution in [0.15, 0.2) is 58.3 Å². The number of fused-ring (bicyclic) bond motifs is 1. The first kappa shape index (κ1) is 18.5. The number of methoxy groups -OCH3 is 1. The third-order valence-electron chi connectivity index (χ3n) is 3.71. The Morgan fingerprint density at radius 3 is 2.77 bits per heavy atom. The van der Waals surface area contributed by atoms with Crippen LogP contribution in [-0.2, 0) is 6.54 Å². The number of hydrogen-bond acceptors (Lipinski definition) is 6. The van der Waals surface area contributed by atoms with Crippen molar-refractivity contribution in [2.45, 2.75) is 18.1 Å². The molecule has 3 aromatic rings. The number of hydrogen-bond donors (Lipinski definition) is 0. The van der Waals surface area contributed by atoms with Crippen molar-refractivity contribution in [3.05, 3.63) is 58.7 Å². The van der Waals surface area contributed by atoms with Crippen molar-refractivity contribution in [2.24, 2.45) is 0 Å². The highest BCUT2D eigenvalue weighted by Crippen LogP contribution is 2.22. The lowest BCUT2D eigenvalue weighted by atomic mass is 10.3. The first-order valence-corrected chi connectivity index (χ1v) is 10.1. The van der Waals surface area contributed by atoms with Gasteiger partial charge in [-0.2, -0.15) is 0 Å². The lowest BCUT2D eigenvalue weighted by molar-refractivity contribution is 0.318. The summed E-state index contributed by atoms with van der Waals surface area (Å²) < 4.78 is 12.5. The van der Waals surface area contributed by atoms with Crippen molar-refractivity contribution in [1.29, 1.82) is 0 Å². The van der Waals surface area contributed by atoms with Gasteiger partial charge in [-0.15, -0.1) is 17.9 Å². The van der Waals surface area contributed by atoms with Crippen molar-refractivity contribution in [3.8, 4) is 11.5 Å². The molecule has 7 heteroatoms. The molecule has 0 fully saturated rings. The lowest BCUT2D eigenvalue weighted by Gasteiger charge is -2.10. The highest BCUT2D eigenvalue weighted by molar-refractivity contribution is 7.99. The third-order valence-corrected chi connectivity index (χ3v) is 5.58. The Labute approximate surface area is 160 Å². The molecule has 0 amide bonds. The van der Waals surface area contributed by atoms with Crippen molar-refractivity contribution >= 4 is 33.3 Å². The summed E-state index contributed by atoms with van der Waals surface area (Å²) in [7, 11) is 1.64. The Kier molecular flexibility index (Phi) is 6.35. The van der Waals surface area contributed by atoms with Gasteiger partial charge in [-0.25, -0.2) is 4.98 Å². The topological polar surface area (TPSA) is 53.4 Å². The van der Waals surface area contributed by atoms with Gasteiger partial charge in [-0.05, 0) is 42.1 Å². The normalized spacial score (nSPS) is 10.8. The van der Waals surface area contributed by atoms with E-state index in [0.29, 0.717) is 18.5 Å². The number of ether oxygens (including phenoxy) is 2. The molecular weight excluding hydrogens is 368 g/mol. The summed E-state index contributed by atoms with van der Waals surface area (Å²) in [6, 6.07) is 9.35. The van der Waals surface area contributed by atoms with Crippen LogP contribution in [0.3, 0.4) is 0 Å². The van der Waals surface area contributed by atoms with Gasteiger partial charge in [0.05, 0.1) is 19.1 Å². The molecule has 2 heterocycles. The highest BCUT2D eigenvalue weighted by atomic mass is 32.2. The lowest BCUT2D eigenvalue weighted by Crippen LogP contribution is -2.22. The van der Waals surface area contributed by atoms with Gasteiger partial charge in [0.25, 0.3) is 5.56 Å². The maximum absolute atomic E-state index is 12.6. The van der Waals surface area contributed by atoms with E-state index in [1.807, 2.05) is 35.7 Å². The van der Waals surface area contributed by atoms with E-state index in [2.05, 4.69) is 11.6 Å². The van der Waals surface area contributed by atoms with Gasteiger partial charge in [-0.1, -0.05) is 17.8 Å². The molecule has 3 rings (SSSR count). The monoisotopic (exact) mass is 388 g/mol. The van der Waals surface area contributed by atoms with Crippen LogP contribution in [0.5, 0.6) is 11.5 Å². The van der Waals surface area contributed by atoms with Crippen LogP contribution in [0.4, 0.5) is 0 Å². The van der Waals surface area contributed by atoms with Gasteiger partial charge in [-0.3, -0.25) is 9.36 Å². The number of benzene rings is 1. The predicted octanol–water partition coefficient (Wildman–Crippen LogP) is 4.21. The van der Waals surface area contributed by atoms with Gasteiger partial charge in [0.1, 0.15) is 16.3 Å². The molecule has 0 aliphatic carbocycles.